The van der Waals surface area contributed by atoms with E-state index in [4.69, 9.17) is 15.9 Å². The van der Waals surface area contributed by atoms with Crippen molar-refractivity contribution in [3.63, 3.8) is 0 Å². The molecule has 8 nitrogen and oxygen atoms in total. The number of esters is 1. The highest BCUT2D eigenvalue weighted by atomic mass is 16.5. The summed E-state index contributed by atoms with van der Waals surface area (Å²) in [5.74, 6) is 0.459. The van der Waals surface area contributed by atoms with Gasteiger partial charge in [-0.3, -0.25) is 15.0 Å². The molecule has 3 rings (SSSR count). The number of nitrogens with one attached hydrogen (secondary N) is 1. The number of rotatable bonds is 5. The minimum Gasteiger partial charge on any atom is -0.469 e. The molecule has 0 spiro atoms. The summed E-state index contributed by atoms with van der Waals surface area (Å²) < 4.78 is 4.71. The number of carbonyl (C=O) groups excluding carboxylic acids is 2. The maximum atomic E-state index is 12.7. The number of amidine groups is 1. The lowest BCUT2D eigenvalue weighted by atomic mass is 9.93. The van der Waals surface area contributed by atoms with E-state index in [1.165, 1.54) is 19.5 Å². The SMILES string of the molecule is COC(=O)CC1CCN(C(=O)c2cnc(-c3ccc(C(=N)N)cc3)nc2)CC1. The first-order valence-corrected chi connectivity index (χ1v) is 9.11. The summed E-state index contributed by atoms with van der Waals surface area (Å²) in [7, 11) is 1.39. The first-order valence-electron chi connectivity index (χ1n) is 9.11. The van der Waals surface area contributed by atoms with Gasteiger partial charge in [0, 0.05) is 43.0 Å². The van der Waals surface area contributed by atoms with Crippen molar-refractivity contribution in [2.24, 2.45) is 11.7 Å². The third kappa shape index (κ3) is 4.51. The standard InChI is InChI=1S/C20H23N5O3/c1-28-17(26)10-13-6-8-25(9-7-13)20(27)16-11-23-19(24-12-16)15-4-2-14(3-5-15)18(21)22/h2-5,11-13H,6-10H2,1H3,(H3,21,22). The van der Waals surface area contributed by atoms with Gasteiger partial charge in [0.25, 0.3) is 5.91 Å². The molecular formula is C20H23N5O3. The van der Waals surface area contributed by atoms with Gasteiger partial charge in [-0.25, -0.2) is 9.97 Å². The van der Waals surface area contributed by atoms with Crippen LogP contribution in [0, 0.1) is 11.3 Å². The summed E-state index contributed by atoms with van der Waals surface area (Å²) in [6.07, 6.45) is 5.03. The van der Waals surface area contributed by atoms with Gasteiger partial charge in [0.2, 0.25) is 0 Å². The van der Waals surface area contributed by atoms with Crippen LogP contribution in [0.15, 0.2) is 36.7 Å². The molecule has 8 heteroatoms. The predicted octanol–water partition coefficient (Wildman–Crippen LogP) is 1.84. The highest BCUT2D eigenvalue weighted by Gasteiger charge is 2.25. The van der Waals surface area contributed by atoms with Gasteiger partial charge >= 0.3 is 5.97 Å². The lowest BCUT2D eigenvalue weighted by molar-refractivity contribution is -0.142. The van der Waals surface area contributed by atoms with Crippen molar-refractivity contribution >= 4 is 17.7 Å². The zero-order chi connectivity index (χ0) is 20.1. The molecule has 0 aliphatic carbocycles. The van der Waals surface area contributed by atoms with E-state index in [9.17, 15) is 9.59 Å². The average molecular weight is 381 g/mol. The smallest absolute Gasteiger partial charge is 0.305 e. The lowest BCUT2D eigenvalue weighted by Gasteiger charge is -2.31. The number of hydrogen-bond acceptors (Lipinski definition) is 6. The topological polar surface area (TPSA) is 122 Å². The summed E-state index contributed by atoms with van der Waals surface area (Å²) >= 11 is 0. The van der Waals surface area contributed by atoms with Crippen LogP contribution in [0.1, 0.15) is 35.2 Å². The van der Waals surface area contributed by atoms with E-state index in [0.29, 0.717) is 36.5 Å². The quantitative estimate of drug-likeness (QED) is 0.463. The highest BCUT2D eigenvalue weighted by Crippen LogP contribution is 2.22. The van der Waals surface area contributed by atoms with Gasteiger partial charge in [0.05, 0.1) is 12.7 Å². The molecule has 1 aliphatic heterocycles. The van der Waals surface area contributed by atoms with Crippen LogP contribution in [0.25, 0.3) is 11.4 Å². The van der Waals surface area contributed by atoms with Crippen LogP contribution in [-0.4, -0.2) is 52.8 Å². The Kier molecular flexibility index (Phi) is 5.98. The van der Waals surface area contributed by atoms with Gasteiger partial charge in [-0.05, 0) is 18.8 Å². The van der Waals surface area contributed by atoms with Gasteiger partial charge in [-0.1, -0.05) is 24.3 Å². The Hall–Kier alpha value is -3.29. The maximum Gasteiger partial charge on any atom is 0.305 e. The molecule has 2 aromatic rings. The maximum absolute atomic E-state index is 12.7. The molecule has 0 radical (unpaired) electrons. The molecule has 1 fully saturated rings. The normalized spacial score (nSPS) is 14.5. The van der Waals surface area contributed by atoms with Crippen molar-refractivity contribution in [1.82, 2.24) is 14.9 Å². The van der Waals surface area contributed by atoms with Crippen molar-refractivity contribution in [3.8, 4) is 11.4 Å². The molecule has 0 bridgehead atoms. The van der Waals surface area contributed by atoms with Gasteiger partial charge < -0.3 is 15.4 Å². The Morgan fingerprint density at radius 1 is 1.14 bits per heavy atom. The molecule has 1 amide bonds. The molecule has 0 unspecified atom stereocenters. The number of methoxy groups -OCH3 is 1. The summed E-state index contributed by atoms with van der Waals surface area (Å²) in [5.41, 5.74) is 7.31. The molecule has 0 saturated carbocycles. The number of piperidine rings is 1. The van der Waals surface area contributed by atoms with Gasteiger partial charge in [0.15, 0.2) is 5.82 Å². The van der Waals surface area contributed by atoms with Crippen molar-refractivity contribution in [2.45, 2.75) is 19.3 Å². The number of aromatic nitrogens is 2. The number of ether oxygens (including phenoxy) is 1. The predicted molar refractivity (Wildman–Crippen MR) is 104 cm³/mol. The van der Waals surface area contributed by atoms with E-state index < -0.39 is 0 Å². The first kappa shape index (κ1) is 19.5. The zero-order valence-electron chi connectivity index (χ0n) is 15.7. The number of nitrogens with zero attached hydrogens (tertiary/aromatic N) is 3. The van der Waals surface area contributed by atoms with E-state index in [1.807, 2.05) is 0 Å². The van der Waals surface area contributed by atoms with Gasteiger partial charge in [0.1, 0.15) is 5.84 Å². The number of carbonyl (C=O) groups is 2. The molecule has 0 atom stereocenters. The largest absolute Gasteiger partial charge is 0.469 e. The van der Waals surface area contributed by atoms with Crippen molar-refractivity contribution in [1.29, 1.82) is 5.41 Å². The summed E-state index contributed by atoms with van der Waals surface area (Å²) in [6.45, 7) is 1.21. The summed E-state index contributed by atoms with van der Waals surface area (Å²) in [6, 6.07) is 7.05. The van der Waals surface area contributed by atoms with E-state index >= 15 is 0 Å². The number of hydrogen-bond donors (Lipinski definition) is 2. The zero-order valence-corrected chi connectivity index (χ0v) is 15.7. The van der Waals surface area contributed by atoms with Crippen LogP contribution < -0.4 is 5.73 Å². The average Bonchev–Trinajstić information content (AvgIpc) is 2.74. The Balaban J connectivity index is 1.61. The summed E-state index contributed by atoms with van der Waals surface area (Å²) in [5, 5.41) is 7.42. The molecule has 1 aromatic heterocycles. The number of likely N-dealkylation sites (tertiary alicyclic amines) is 1. The molecular weight excluding hydrogens is 358 g/mol. The number of amides is 1. The molecule has 2 heterocycles. The molecule has 146 valence electrons. The number of nitrogen functional groups attached to an aromatic ring is 1. The van der Waals surface area contributed by atoms with Crippen molar-refractivity contribution < 1.29 is 14.3 Å². The number of benzene rings is 1. The Labute approximate surface area is 163 Å². The fraction of sp³-hybridized carbons (Fsp3) is 0.350. The summed E-state index contributed by atoms with van der Waals surface area (Å²) in [4.78, 5) is 34.4. The second kappa shape index (κ2) is 8.60. The van der Waals surface area contributed by atoms with Crippen LogP contribution >= 0.6 is 0 Å². The van der Waals surface area contributed by atoms with Crippen LogP contribution in [0.5, 0.6) is 0 Å². The highest BCUT2D eigenvalue weighted by molar-refractivity contribution is 5.95. The van der Waals surface area contributed by atoms with E-state index in [-0.39, 0.29) is 23.6 Å². The molecule has 1 aliphatic rings. The van der Waals surface area contributed by atoms with Crippen LogP contribution in [-0.2, 0) is 9.53 Å². The van der Waals surface area contributed by atoms with Crippen molar-refractivity contribution in [2.75, 3.05) is 20.2 Å². The monoisotopic (exact) mass is 381 g/mol. The Bertz CT molecular complexity index is 856. The fourth-order valence-electron chi connectivity index (χ4n) is 3.23. The number of nitrogens with two attached hydrogens (primary N) is 1. The first-order chi connectivity index (χ1) is 13.5. The minimum atomic E-state index is -0.204. The minimum absolute atomic E-state index is 0.00349. The van der Waals surface area contributed by atoms with E-state index in [1.54, 1.807) is 29.2 Å². The third-order valence-corrected chi connectivity index (χ3v) is 4.94. The molecule has 1 aromatic carbocycles. The molecule has 1 saturated heterocycles. The van der Waals surface area contributed by atoms with Crippen molar-refractivity contribution in [3.05, 3.63) is 47.8 Å². The third-order valence-electron chi connectivity index (χ3n) is 4.94. The van der Waals surface area contributed by atoms with Crippen LogP contribution in [0.3, 0.4) is 0 Å². The Morgan fingerprint density at radius 3 is 2.29 bits per heavy atom. The molecule has 28 heavy (non-hydrogen) atoms. The van der Waals surface area contributed by atoms with Gasteiger partial charge in [-0.15, -0.1) is 0 Å². The Morgan fingerprint density at radius 2 is 1.75 bits per heavy atom. The van der Waals surface area contributed by atoms with E-state index in [0.717, 1.165) is 18.4 Å². The molecule has 3 N–H and O–H groups in total. The van der Waals surface area contributed by atoms with Crippen LogP contribution in [0.2, 0.25) is 0 Å². The lowest BCUT2D eigenvalue weighted by Crippen LogP contribution is -2.39. The second-order valence-corrected chi connectivity index (χ2v) is 6.80. The second-order valence-electron chi connectivity index (χ2n) is 6.80. The van der Waals surface area contributed by atoms with Gasteiger partial charge in [-0.2, -0.15) is 0 Å². The van der Waals surface area contributed by atoms with E-state index in [2.05, 4.69) is 9.97 Å². The van der Waals surface area contributed by atoms with Crippen LogP contribution in [0.4, 0.5) is 0 Å². The fourth-order valence-corrected chi connectivity index (χ4v) is 3.23.